The lowest BCUT2D eigenvalue weighted by Crippen LogP contribution is -2.17. The Hall–Kier alpha value is -4.69. The van der Waals surface area contributed by atoms with E-state index in [-0.39, 0.29) is 6.10 Å². The number of para-hydroxylation sites is 1. The third-order valence-electron chi connectivity index (χ3n) is 6.20. The SMILES string of the molecule is CCOc1nc2nc3c(cc2c(-c2ccccc2)c1C#N)C(c1ccccc1)Oc1ccccc1-3. The van der Waals surface area contributed by atoms with Gasteiger partial charge in [0.1, 0.15) is 17.4 Å². The van der Waals surface area contributed by atoms with Crippen molar-refractivity contribution in [3.63, 3.8) is 0 Å². The Bertz CT molecular complexity index is 1590. The highest BCUT2D eigenvalue weighted by Gasteiger charge is 2.30. The maximum Gasteiger partial charge on any atom is 0.234 e. The first-order valence-electron chi connectivity index (χ1n) is 11.6. The molecule has 0 radical (unpaired) electrons. The summed E-state index contributed by atoms with van der Waals surface area (Å²) in [5.74, 6) is 1.08. The summed E-state index contributed by atoms with van der Waals surface area (Å²) in [4.78, 5) is 9.76. The van der Waals surface area contributed by atoms with Gasteiger partial charge >= 0.3 is 0 Å². The topological polar surface area (TPSA) is 68.0 Å². The van der Waals surface area contributed by atoms with Crippen molar-refractivity contribution in [3.05, 3.63) is 108 Å². The zero-order valence-corrected chi connectivity index (χ0v) is 19.1. The molecule has 6 rings (SSSR count). The summed E-state index contributed by atoms with van der Waals surface area (Å²) in [6, 6.07) is 32.3. The van der Waals surface area contributed by atoms with Gasteiger partial charge in [-0.25, -0.2) is 4.98 Å². The van der Waals surface area contributed by atoms with Crippen LogP contribution in [0.4, 0.5) is 0 Å². The molecule has 3 heterocycles. The van der Waals surface area contributed by atoms with Crippen molar-refractivity contribution in [2.24, 2.45) is 0 Å². The Kier molecular flexibility index (Phi) is 5.12. The van der Waals surface area contributed by atoms with Crippen molar-refractivity contribution in [2.75, 3.05) is 6.61 Å². The van der Waals surface area contributed by atoms with Crippen molar-refractivity contribution in [1.82, 2.24) is 9.97 Å². The standard InChI is InChI=1S/C30H21N3O2/c1-2-34-30-24(18-31)26(19-11-5-3-6-12-19)22-17-23-27(32-29(22)33-30)21-15-9-10-16-25(21)35-28(23)20-13-7-4-8-14-20/h3-17,28H,2H2,1H3. The van der Waals surface area contributed by atoms with E-state index in [0.29, 0.717) is 23.7 Å². The highest BCUT2D eigenvalue weighted by Crippen LogP contribution is 2.46. The molecule has 1 aliphatic heterocycles. The van der Waals surface area contributed by atoms with E-state index in [0.717, 1.165) is 44.6 Å². The third kappa shape index (κ3) is 3.48. The molecule has 0 spiro atoms. The minimum Gasteiger partial charge on any atom is -0.480 e. The second-order valence-electron chi connectivity index (χ2n) is 8.28. The molecule has 3 aromatic carbocycles. The highest BCUT2D eigenvalue weighted by atomic mass is 16.5. The lowest BCUT2D eigenvalue weighted by Gasteiger charge is -2.29. The molecule has 1 atom stereocenters. The van der Waals surface area contributed by atoms with Crippen LogP contribution in [-0.4, -0.2) is 16.6 Å². The van der Waals surface area contributed by atoms with Gasteiger partial charge in [-0.1, -0.05) is 72.8 Å². The third-order valence-corrected chi connectivity index (χ3v) is 6.20. The van der Waals surface area contributed by atoms with Gasteiger partial charge in [0.15, 0.2) is 11.8 Å². The van der Waals surface area contributed by atoms with Crippen LogP contribution in [0.2, 0.25) is 0 Å². The molecule has 0 amide bonds. The van der Waals surface area contributed by atoms with E-state index in [4.69, 9.17) is 19.4 Å². The van der Waals surface area contributed by atoms with Crippen LogP contribution in [0, 0.1) is 11.3 Å². The monoisotopic (exact) mass is 455 g/mol. The second-order valence-corrected chi connectivity index (χ2v) is 8.28. The molecule has 2 aromatic heterocycles. The van der Waals surface area contributed by atoms with Gasteiger partial charge in [0.2, 0.25) is 5.88 Å². The zero-order chi connectivity index (χ0) is 23.8. The first-order chi connectivity index (χ1) is 17.3. The summed E-state index contributed by atoms with van der Waals surface area (Å²) in [7, 11) is 0. The summed E-state index contributed by atoms with van der Waals surface area (Å²) >= 11 is 0. The Labute approximate surface area is 203 Å². The van der Waals surface area contributed by atoms with Crippen LogP contribution in [0.15, 0.2) is 91.0 Å². The number of nitriles is 1. The van der Waals surface area contributed by atoms with Crippen LogP contribution in [0.1, 0.15) is 29.7 Å². The predicted molar refractivity (Wildman–Crippen MR) is 135 cm³/mol. The fourth-order valence-electron chi connectivity index (χ4n) is 4.68. The molecule has 0 aliphatic carbocycles. The Morgan fingerprint density at radius 3 is 2.37 bits per heavy atom. The number of hydrogen-bond acceptors (Lipinski definition) is 5. The van der Waals surface area contributed by atoms with Gasteiger partial charge in [0.05, 0.1) is 12.3 Å². The van der Waals surface area contributed by atoms with Crippen LogP contribution >= 0.6 is 0 Å². The number of ether oxygens (including phenoxy) is 2. The van der Waals surface area contributed by atoms with Gasteiger partial charge in [-0.15, -0.1) is 0 Å². The molecule has 1 unspecified atom stereocenters. The Morgan fingerprint density at radius 2 is 1.63 bits per heavy atom. The molecule has 5 heteroatoms. The number of pyridine rings is 2. The molecule has 0 N–H and O–H groups in total. The van der Waals surface area contributed by atoms with Crippen LogP contribution in [0.25, 0.3) is 33.4 Å². The summed E-state index contributed by atoms with van der Waals surface area (Å²) in [5.41, 5.74) is 6.33. The van der Waals surface area contributed by atoms with Crippen LogP contribution < -0.4 is 9.47 Å². The van der Waals surface area contributed by atoms with E-state index in [1.165, 1.54) is 0 Å². The van der Waals surface area contributed by atoms with Gasteiger partial charge < -0.3 is 9.47 Å². The smallest absolute Gasteiger partial charge is 0.234 e. The quantitative estimate of drug-likeness (QED) is 0.301. The number of hydrogen-bond donors (Lipinski definition) is 0. The number of fused-ring (bicyclic) bond motifs is 4. The molecular formula is C30H21N3O2. The van der Waals surface area contributed by atoms with E-state index in [1.54, 1.807) is 0 Å². The van der Waals surface area contributed by atoms with Crippen LogP contribution in [0.5, 0.6) is 11.6 Å². The molecular weight excluding hydrogens is 434 g/mol. The van der Waals surface area contributed by atoms with E-state index < -0.39 is 0 Å². The fraction of sp³-hybridized carbons (Fsp3) is 0.100. The summed E-state index contributed by atoms with van der Waals surface area (Å²) in [5, 5.41) is 10.9. The van der Waals surface area contributed by atoms with Crippen molar-refractivity contribution < 1.29 is 9.47 Å². The second kappa shape index (κ2) is 8.58. The largest absolute Gasteiger partial charge is 0.480 e. The first-order valence-corrected chi connectivity index (χ1v) is 11.6. The van der Waals surface area contributed by atoms with Gasteiger partial charge in [0, 0.05) is 22.1 Å². The van der Waals surface area contributed by atoms with Crippen molar-refractivity contribution in [3.8, 4) is 40.1 Å². The van der Waals surface area contributed by atoms with Crippen LogP contribution in [-0.2, 0) is 0 Å². The first kappa shape index (κ1) is 20.9. The van der Waals surface area contributed by atoms with Crippen molar-refractivity contribution in [1.29, 1.82) is 5.26 Å². The van der Waals surface area contributed by atoms with Gasteiger partial charge in [-0.05, 0) is 36.2 Å². The number of benzene rings is 3. The maximum absolute atomic E-state index is 10.1. The number of nitrogens with zero attached hydrogens (tertiary/aromatic N) is 3. The molecule has 168 valence electrons. The van der Waals surface area contributed by atoms with Crippen molar-refractivity contribution >= 4 is 11.0 Å². The number of rotatable bonds is 4. The fourth-order valence-corrected chi connectivity index (χ4v) is 4.68. The van der Waals surface area contributed by atoms with E-state index >= 15 is 0 Å². The molecule has 5 aromatic rings. The lowest BCUT2D eigenvalue weighted by molar-refractivity contribution is 0.243. The summed E-state index contributed by atoms with van der Waals surface area (Å²) in [6.07, 6.45) is -0.335. The number of aromatic nitrogens is 2. The average Bonchev–Trinajstić information content (AvgIpc) is 2.92. The molecule has 0 fully saturated rings. The van der Waals surface area contributed by atoms with Crippen LogP contribution in [0.3, 0.4) is 0 Å². The van der Waals surface area contributed by atoms with Crippen molar-refractivity contribution in [2.45, 2.75) is 13.0 Å². The van der Waals surface area contributed by atoms with E-state index in [1.807, 2.05) is 79.7 Å². The van der Waals surface area contributed by atoms with Gasteiger partial charge in [-0.3, -0.25) is 0 Å². The normalized spacial score (nSPS) is 13.9. The molecule has 5 nitrogen and oxygen atoms in total. The molecule has 0 bridgehead atoms. The zero-order valence-electron chi connectivity index (χ0n) is 19.1. The predicted octanol–water partition coefficient (Wildman–Crippen LogP) is 6.72. The summed E-state index contributed by atoms with van der Waals surface area (Å²) < 4.78 is 12.3. The molecule has 35 heavy (non-hydrogen) atoms. The minimum absolute atomic E-state index is 0.300. The van der Waals surface area contributed by atoms with Gasteiger partial charge in [-0.2, -0.15) is 10.2 Å². The van der Waals surface area contributed by atoms with E-state index in [2.05, 4.69) is 24.3 Å². The maximum atomic E-state index is 10.1. The Balaban J connectivity index is 1.71. The molecule has 1 aliphatic rings. The highest BCUT2D eigenvalue weighted by molar-refractivity contribution is 5.99. The molecule has 0 saturated heterocycles. The molecule has 0 saturated carbocycles. The van der Waals surface area contributed by atoms with Gasteiger partial charge in [0.25, 0.3) is 0 Å². The Morgan fingerprint density at radius 1 is 0.914 bits per heavy atom. The van der Waals surface area contributed by atoms with E-state index in [9.17, 15) is 5.26 Å². The average molecular weight is 456 g/mol. The minimum atomic E-state index is -0.335. The summed E-state index contributed by atoms with van der Waals surface area (Å²) in [6.45, 7) is 2.28. The lowest BCUT2D eigenvalue weighted by atomic mass is 9.90.